The highest BCUT2D eigenvalue weighted by Crippen LogP contribution is 2.34. The summed E-state index contributed by atoms with van der Waals surface area (Å²) < 4.78 is 32.6. The topological polar surface area (TPSA) is 128 Å². The number of hydrogen-bond donors (Lipinski definition) is 3. The van der Waals surface area contributed by atoms with Gasteiger partial charge in [0, 0.05) is 39.6 Å². The van der Waals surface area contributed by atoms with E-state index in [9.17, 15) is 8.42 Å². The third-order valence-corrected chi connectivity index (χ3v) is 9.36. The number of fused-ring (bicyclic) bond motifs is 1. The quantitative estimate of drug-likeness (QED) is 0.250. The Labute approximate surface area is 245 Å². The standard InChI is InChI=1S/C28H33ClN8O3S/c1-18(26-30-11-12-31-26)37-13-9-19-15-23(24(40-4)16-20(19)10-14-37)34-28-32-17-21(29)27(35-28)33-22-7-5-6-8-25(22)41(38,39)36(2)3/h5-8,11-12,15-18H,9-10,13-14H2,1-4H3,(H,30,31)(H2,32,33,34,35). The highest BCUT2D eigenvalue weighted by Gasteiger charge is 2.24. The molecule has 1 aliphatic heterocycles. The molecule has 1 aliphatic rings. The van der Waals surface area contributed by atoms with Crippen LogP contribution in [0.15, 0.2) is 59.9 Å². The third kappa shape index (κ3) is 6.15. The molecule has 0 aliphatic carbocycles. The molecule has 13 heteroatoms. The maximum atomic E-state index is 12.9. The Kier molecular flexibility index (Phi) is 8.45. The van der Waals surface area contributed by atoms with E-state index in [2.05, 4.69) is 54.5 Å². The molecule has 1 atom stereocenters. The van der Waals surface area contributed by atoms with Crippen LogP contribution in [0.5, 0.6) is 5.75 Å². The summed E-state index contributed by atoms with van der Waals surface area (Å²) in [6.07, 6.45) is 6.85. The van der Waals surface area contributed by atoms with Gasteiger partial charge in [-0.3, -0.25) is 4.90 Å². The number of sulfonamides is 1. The zero-order valence-electron chi connectivity index (χ0n) is 23.3. The van der Waals surface area contributed by atoms with Crippen molar-refractivity contribution >= 4 is 44.8 Å². The van der Waals surface area contributed by atoms with E-state index < -0.39 is 10.0 Å². The second kappa shape index (κ2) is 12.0. The van der Waals surface area contributed by atoms with Crippen LogP contribution in [0.3, 0.4) is 0 Å². The molecule has 2 aromatic carbocycles. The number of aromatic nitrogens is 4. The fraction of sp³-hybridized carbons (Fsp3) is 0.321. The Bertz CT molecular complexity index is 1630. The smallest absolute Gasteiger partial charge is 0.244 e. The predicted molar refractivity (Wildman–Crippen MR) is 160 cm³/mol. The van der Waals surface area contributed by atoms with Crippen LogP contribution in [-0.2, 0) is 22.9 Å². The number of H-pyrrole nitrogens is 1. The van der Waals surface area contributed by atoms with E-state index in [1.807, 2.05) is 6.20 Å². The number of imidazole rings is 1. The van der Waals surface area contributed by atoms with Gasteiger partial charge in [0.05, 0.1) is 30.7 Å². The minimum absolute atomic E-state index is 0.108. The molecule has 0 bridgehead atoms. The lowest BCUT2D eigenvalue weighted by atomic mass is 10.0. The second-order valence-corrected chi connectivity index (χ2v) is 12.5. The highest BCUT2D eigenvalue weighted by molar-refractivity contribution is 7.89. The van der Waals surface area contributed by atoms with Crippen molar-refractivity contribution in [1.82, 2.24) is 29.1 Å². The summed E-state index contributed by atoms with van der Waals surface area (Å²) >= 11 is 6.41. The molecule has 0 radical (unpaired) electrons. The summed E-state index contributed by atoms with van der Waals surface area (Å²) in [5, 5.41) is 6.58. The van der Waals surface area contributed by atoms with Crippen molar-refractivity contribution in [3.63, 3.8) is 0 Å². The van der Waals surface area contributed by atoms with E-state index in [1.165, 1.54) is 37.5 Å². The van der Waals surface area contributed by atoms with Gasteiger partial charge in [-0.05, 0) is 55.2 Å². The minimum atomic E-state index is -3.70. The fourth-order valence-electron chi connectivity index (χ4n) is 4.86. The average molecular weight is 597 g/mol. The Morgan fingerprint density at radius 3 is 2.49 bits per heavy atom. The number of anilines is 4. The van der Waals surface area contributed by atoms with Crippen molar-refractivity contribution in [2.24, 2.45) is 0 Å². The van der Waals surface area contributed by atoms with E-state index >= 15 is 0 Å². The predicted octanol–water partition coefficient (Wildman–Crippen LogP) is 4.76. The molecule has 4 aromatic rings. The van der Waals surface area contributed by atoms with Crippen molar-refractivity contribution in [3.8, 4) is 5.75 Å². The van der Waals surface area contributed by atoms with Crippen LogP contribution in [0.4, 0.5) is 23.1 Å². The molecule has 1 unspecified atom stereocenters. The summed E-state index contributed by atoms with van der Waals surface area (Å²) in [6.45, 7) is 3.97. The fourth-order valence-corrected chi connectivity index (χ4v) is 6.04. The minimum Gasteiger partial charge on any atom is -0.495 e. The van der Waals surface area contributed by atoms with E-state index in [4.69, 9.17) is 16.3 Å². The van der Waals surface area contributed by atoms with Crippen LogP contribution >= 0.6 is 11.6 Å². The van der Waals surface area contributed by atoms with Crippen molar-refractivity contribution < 1.29 is 13.2 Å². The Morgan fingerprint density at radius 1 is 1.07 bits per heavy atom. The van der Waals surface area contributed by atoms with E-state index in [0.717, 1.165) is 41.7 Å². The zero-order valence-corrected chi connectivity index (χ0v) is 24.9. The first-order valence-electron chi connectivity index (χ1n) is 13.2. The lowest BCUT2D eigenvalue weighted by Crippen LogP contribution is -2.30. The number of ether oxygens (including phenoxy) is 1. The first-order valence-corrected chi connectivity index (χ1v) is 15.0. The molecule has 0 saturated carbocycles. The van der Waals surface area contributed by atoms with Gasteiger partial charge in [-0.25, -0.2) is 22.7 Å². The summed E-state index contributed by atoms with van der Waals surface area (Å²) in [4.78, 5) is 19.1. The molecule has 3 N–H and O–H groups in total. The van der Waals surface area contributed by atoms with E-state index in [-0.39, 0.29) is 27.7 Å². The number of nitrogens with one attached hydrogen (secondary N) is 3. The molecule has 0 fully saturated rings. The number of benzene rings is 2. The number of aromatic amines is 1. The maximum Gasteiger partial charge on any atom is 0.244 e. The molecule has 0 saturated heterocycles. The SMILES string of the molecule is COc1cc2c(cc1Nc1ncc(Cl)c(Nc3ccccc3S(=O)(=O)N(C)C)n1)CCN(C(C)c1ncc[nH]1)CC2. The largest absolute Gasteiger partial charge is 0.495 e. The lowest BCUT2D eigenvalue weighted by Gasteiger charge is -2.25. The summed E-state index contributed by atoms with van der Waals surface area (Å²) in [5.41, 5.74) is 3.53. The third-order valence-electron chi connectivity index (χ3n) is 7.21. The number of hydrogen-bond acceptors (Lipinski definition) is 9. The monoisotopic (exact) mass is 596 g/mol. The van der Waals surface area contributed by atoms with Gasteiger partial charge in [-0.15, -0.1) is 0 Å². The van der Waals surface area contributed by atoms with Gasteiger partial charge in [0.1, 0.15) is 21.5 Å². The van der Waals surface area contributed by atoms with Gasteiger partial charge in [-0.2, -0.15) is 4.98 Å². The summed E-state index contributed by atoms with van der Waals surface area (Å²) in [6, 6.07) is 10.9. The van der Waals surface area contributed by atoms with Gasteiger partial charge in [0.25, 0.3) is 0 Å². The van der Waals surface area contributed by atoms with Crippen LogP contribution in [-0.4, -0.2) is 71.9 Å². The van der Waals surface area contributed by atoms with Crippen molar-refractivity contribution in [3.05, 3.63) is 77.0 Å². The first kappa shape index (κ1) is 28.8. The van der Waals surface area contributed by atoms with Crippen LogP contribution < -0.4 is 15.4 Å². The molecule has 41 heavy (non-hydrogen) atoms. The van der Waals surface area contributed by atoms with E-state index in [0.29, 0.717) is 11.4 Å². The lowest BCUT2D eigenvalue weighted by molar-refractivity contribution is 0.214. The number of rotatable bonds is 9. The Balaban J connectivity index is 1.39. The van der Waals surface area contributed by atoms with Gasteiger partial charge in [0.15, 0.2) is 5.82 Å². The molecule has 5 rings (SSSR count). The molecular formula is C28H33ClN8O3S. The number of methoxy groups -OCH3 is 1. The number of nitrogens with zero attached hydrogens (tertiary/aromatic N) is 5. The molecule has 2 aromatic heterocycles. The van der Waals surface area contributed by atoms with Gasteiger partial charge >= 0.3 is 0 Å². The van der Waals surface area contributed by atoms with Gasteiger partial charge < -0.3 is 20.4 Å². The van der Waals surface area contributed by atoms with Gasteiger partial charge in [0.2, 0.25) is 16.0 Å². The van der Waals surface area contributed by atoms with E-state index in [1.54, 1.807) is 31.5 Å². The number of halogens is 1. The van der Waals surface area contributed by atoms with Crippen LogP contribution in [0.25, 0.3) is 0 Å². The van der Waals surface area contributed by atoms with Crippen molar-refractivity contribution in [1.29, 1.82) is 0 Å². The zero-order chi connectivity index (χ0) is 29.1. The second-order valence-electron chi connectivity index (χ2n) is 9.93. The molecule has 0 amide bonds. The van der Waals surface area contributed by atoms with Crippen LogP contribution in [0, 0.1) is 0 Å². The molecule has 3 heterocycles. The highest BCUT2D eigenvalue weighted by atomic mass is 35.5. The summed E-state index contributed by atoms with van der Waals surface area (Å²) in [7, 11) is 0.899. The van der Waals surface area contributed by atoms with Crippen molar-refractivity contribution in [2.45, 2.75) is 30.7 Å². The molecule has 216 valence electrons. The molecular weight excluding hydrogens is 564 g/mol. The average Bonchev–Trinajstić information content (AvgIpc) is 3.42. The number of para-hydroxylation sites is 1. The molecule has 11 nitrogen and oxygen atoms in total. The Hall–Kier alpha value is -3.71. The molecule has 0 spiro atoms. The van der Waals surface area contributed by atoms with Crippen LogP contribution in [0.2, 0.25) is 5.02 Å². The summed E-state index contributed by atoms with van der Waals surface area (Å²) in [5.74, 6) is 2.18. The Morgan fingerprint density at radius 2 is 1.80 bits per heavy atom. The van der Waals surface area contributed by atoms with Gasteiger partial charge in [-0.1, -0.05) is 23.7 Å². The van der Waals surface area contributed by atoms with Crippen LogP contribution in [0.1, 0.15) is 29.9 Å². The normalized spacial score (nSPS) is 14.8. The maximum absolute atomic E-state index is 12.9. The first-order chi connectivity index (χ1) is 19.7. The van der Waals surface area contributed by atoms with Crippen molar-refractivity contribution in [2.75, 3.05) is 44.9 Å².